The van der Waals surface area contributed by atoms with E-state index in [0.29, 0.717) is 17.7 Å². The fourth-order valence-corrected chi connectivity index (χ4v) is 3.04. The number of aryl methyl sites for hydroxylation is 1. The molecule has 0 fully saturated rings. The van der Waals surface area contributed by atoms with E-state index in [2.05, 4.69) is 6.58 Å². The molecule has 2 aromatic carbocycles. The van der Waals surface area contributed by atoms with E-state index in [1.54, 1.807) is 29.2 Å². The van der Waals surface area contributed by atoms with Crippen LogP contribution in [0.2, 0.25) is 0 Å². The maximum absolute atomic E-state index is 12.7. The molecule has 1 heterocycles. The summed E-state index contributed by atoms with van der Waals surface area (Å²) in [6.07, 6.45) is 1.71. The van der Waals surface area contributed by atoms with Crippen LogP contribution in [0.3, 0.4) is 0 Å². The molecule has 0 bridgehead atoms. The number of hydrogen-bond donors (Lipinski definition) is 0. The molecular formula is C21H20N2O3. The van der Waals surface area contributed by atoms with Crippen LogP contribution < -0.4 is 4.90 Å². The number of amides is 3. The third kappa shape index (κ3) is 3.28. The highest BCUT2D eigenvalue weighted by Gasteiger charge is 2.35. The number of carbonyl (C=O) groups is 3. The lowest BCUT2D eigenvalue weighted by Crippen LogP contribution is -2.37. The highest BCUT2D eigenvalue weighted by molar-refractivity contribution is 6.21. The number of anilines is 1. The number of benzene rings is 2. The molecule has 5 heteroatoms. The van der Waals surface area contributed by atoms with E-state index in [1.165, 1.54) is 0 Å². The Bertz CT molecular complexity index is 874. The molecule has 26 heavy (non-hydrogen) atoms. The average molecular weight is 348 g/mol. The summed E-state index contributed by atoms with van der Waals surface area (Å²) in [5.74, 6) is -0.840. The van der Waals surface area contributed by atoms with Crippen molar-refractivity contribution in [2.75, 3.05) is 18.0 Å². The van der Waals surface area contributed by atoms with Crippen LogP contribution in [0.25, 0.3) is 0 Å². The number of nitrogens with zero attached hydrogens (tertiary/aromatic N) is 2. The Labute approximate surface area is 152 Å². The first-order valence-electron chi connectivity index (χ1n) is 8.46. The van der Waals surface area contributed by atoms with Crippen molar-refractivity contribution in [2.24, 2.45) is 0 Å². The second-order valence-corrected chi connectivity index (χ2v) is 6.19. The molecule has 0 unspecified atom stereocenters. The summed E-state index contributed by atoms with van der Waals surface area (Å²) in [4.78, 5) is 40.4. The van der Waals surface area contributed by atoms with Gasteiger partial charge in [0.15, 0.2) is 0 Å². The van der Waals surface area contributed by atoms with Crippen molar-refractivity contribution in [3.63, 3.8) is 0 Å². The van der Waals surface area contributed by atoms with Crippen LogP contribution in [0.1, 0.15) is 32.7 Å². The molecule has 132 valence electrons. The Morgan fingerprint density at radius 3 is 2.46 bits per heavy atom. The number of fused-ring (bicyclic) bond motifs is 1. The first-order chi connectivity index (χ1) is 12.5. The Balaban J connectivity index is 1.72. The summed E-state index contributed by atoms with van der Waals surface area (Å²) in [6, 6.07) is 14.4. The van der Waals surface area contributed by atoms with Gasteiger partial charge in [0.25, 0.3) is 11.8 Å². The van der Waals surface area contributed by atoms with Crippen molar-refractivity contribution >= 4 is 23.4 Å². The van der Waals surface area contributed by atoms with Gasteiger partial charge in [0, 0.05) is 25.2 Å². The lowest BCUT2D eigenvalue weighted by atomic mass is 10.1. The maximum Gasteiger partial charge on any atom is 0.261 e. The Kier molecular flexibility index (Phi) is 4.98. The molecule has 0 radical (unpaired) electrons. The first kappa shape index (κ1) is 17.6. The average Bonchev–Trinajstić information content (AvgIpc) is 2.88. The number of imide groups is 1. The Morgan fingerprint density at radius 1 is 1.08 bits per heavy atom. The number of hydrogen-bond acceptors (Lipinski definition) is 3. The maximum atomic E-state index is 12.7. The standard InChI is InChI=1S/C21H20N2O3/c1-3-12-22(16-7-5-4-6-8-16)19(24)11-13-23-20(25)17-10-9-15(2)14-18(17)21(23)26/h3-10,14H,1,11-13H2,2H3. The monoisotopic (exact) mass is 348 g/mol. The van der Waals surface area contributed by atoms with Crippen LogP contribution in [0.15, 0.2) is 61.2 Å². The molecule has 5 nitrogen and oxygen atoms in total. The molecule has 0 N–H and O–H groups in total. The van der Waals surface area contributed by atoms with Gasteiger partial charge in [-0.25, -0.2) is 0 Å². The van der Waals surface area contributed by atoms with E-state index in [-0.39, 0.29) is 30.7 Å². The molecule has 0 aliphatic carbocycles. The second-order valence-electron chi connectivity index (χ2n) is 6.19. The third-order valence-electron chi connectivity index (χ3n) is 4.36. The minimum Gasteiger partial charge on any atom is -0.309 e. The van der Waals surface area contributed by atoms with Crippen molar-refractivity contribution in [1.29, 1.82) is 0 Å². The van der Waals surface area contributed by atoms with E-state index in [4.69, 9.17) is 0 Å². The van der Waals surface area contributed by atoms with Crippen LogP contribution in [0.5, 0.6) is 0 Å². The van der Waals surface area contributed by atoms with Crippen LogP contribution >= 0.6 is 0 Å². The molecule has 0 aromatic heterocycles. The van der Waals surface area contributed by atoms with Gasteiger partial charge in [0.05, 0.1) is 11.1 Å². The molecular weight excluding hydrogens is 328 g/mol. The van der Waals surface area contributed by atoms with E-state index in [0.717, 1.165) is 16.2 Å². The Morgan fingerprint density at radius 2 is 1.77 bits per heavy atom. The van der Waals surface area contributed by atoms with Crippen molar-refractivity contribution in [1.82, 2.24) is 4.90 Å². The topological polar surface area (TPSA) is 57.7 Å². The van der Waals surface area contributed by atoms with Crippen LogP contribution in [0, 0.1) is 6.92 Å². The normalized spacial score (nSPS) is 12.9. The van der Waals surface area contributed by atoms with Gasteiger partial charge < -0.3 is 4.90 Å². The molecule has 1 aliphatic heterocycles. The smallest absolute Gasteiger partial charge is 0.261 e. The zero-order valence-corrected chi connectivity index (χ0v) is 14.6. The summed E-state index contributed by atoms with van der Waals surface area (Å²) in [6.45, 7) is 5.99. The van der Waals surface area contributed by atoms with E-state index in [1.807, 2.05) is 37.3 Å². The molecule has 2 aromatic rings. The summed E-state index contributed by atoms with van der Waals surface area (Å²) in [7, 11) is 0. The van der Waals surface area contributed by atoms with Crippen LogP contribution in [-0.2, 0) is 4.79 Å². The van der Waals surface area contributed by atoms with Gasteiger partial charge in [-0.15, -0.1) is 6.58 Å². The van der Waals surface area contributed by atoms with Crippen molar-refractivity contribution in [3.8, 4) is 0 Å². The van der Waals surface area contributed by atoms with Gasteiger partial charge >= 0.3 is 0 Å². The highest BCUT2D eigenvalue weighted by atomic mass is 16.2. The van der Waals surface area contributed by atoms with E-state index < -0.39 is 0 Å². The highest BCUT2D eigenvalue weighted by Crippen LogP contribution is 2.24. The molecule has 0 spiro atoms. The predicted octanol–water partition coefficient (Wildman–Crippen LogP) is 3.20. The minimum atomic E-state index is -0.340. The summed E-state index contributed by atoms with van der Waals surface area (Å²) >= 11 is 0. The van der Waals surface area contributed by atoms with Crippen molar-refractivity contribution in [2.45, 2.75) is 13.3 Å². The number of para-hydroxylation sites is 1. The first-order valence-corrected chi connectivity index (χ1v) is 8.46. The molecule has 3 amide bonds. The second kappa shape index (κ2) is 7.35. The van der Waals surface area contributed by atoms with E-state index in [9.17, 15) is 14.4 Å². The zero-order chi connectivity index (χ0) is 18.7. The quantitative estimate of drug-likeness (QED) is 0.595. The van der Waals surface area contributed by atoms with E-state index >= 15 is 0 Å². The van der Waals surface area contributed by atoms with Gasteiger partial charge in [-0.05, 0) is 31.2 Å². The zero-order valence-electron chi connectivity index (χ0n) is 14.6. The number of carbonyl (C=O) groups excluding carboxylic acids is 3. The summed E-state index contributed by atoms with van der Waals surface area (Å²) in [5.41, 5.74) is 2.49. The van der Waals surface area contributed by atoms with Gasteiger partial charge in [0.1, 0.15) is 0 Å². The SMILES string of the molecule is C=CCN(C(=O)CCN1C(=O)c2ccc(C)cc2C1=O)c1ccccc1. The molecule has 0 saturated heterocycles. The number of rotatable bonds is 6. The third-order valence-corrected chi connectivity index (χ3v) is 4.36. The van der Waals surface area contributed by atoms with Gasteiger partial charge in [-0.3, -0.25) is 19.3 Å². The molecule has 0 saturated carbocycles. The predicted molar refractivity (Wildman–Crippen MR) is 100 cm³/mol. The minimum absolute atomic E-state index is 0.0602. The van der Waals surface area contributed by atoms with Crippen molar-refractivity contribution in [3.05, 3.63) is 77.9 Å². The lowest BCUT2D eigenvalue weighted by Gasteiger charge is -2.22. The lowest BCUT2D eigenvalue weighted by molar-refractivity contribution is -0.118. The molecule has 1 aliphatic rings. The van der Waals surface area contributed by atoms with Crippen LogP contribution in [0.4, 0.5) is 5.69 Å². The Hall–Kier alpha value is -3.21. The largest absolute Gasteiger partial charge is 0.309 e. The fourth-order valence-electron chi connectivity index (χ4n) is 3.04. The van der Waals surface area contributed by atoms with Gasteiger partial charge in [0.2, 0.25) is 5.91 Å². The van der Waals surface area contributed by atoms with Gasteiger partial charge in [-0.2, -0.15) is 0 Å². The van der Waals surface area contributed by atoms with Crippen LogP contribution in [-0.4, -0.2) is 35.7 Å². The van der Waals surface area contributed by atoms with Gasteiger partial charge in [-0.1, -0.05) is 35.9 Å². The fraction of sp³-hybridized carbons (Fsp3) is 0.190. The molecule has 0 atom stereocenters. The van der Waals surface area contributed by atoms with Crippen molar-refractivity contribution < 1.29 is 14.4 Å². The summed E-state index contributed by atoms with van der Waals surface area (Å²) < 4.78 is 0. The summed E-state index contributed by atoms with van der Waals surface area (Å²) in [5, 5.41) is 0. The molecule has 3 rings (SSSR count).